The van der Waals surface area contributed by atoms with Crippen LogP contribution >= 0.6 is 0 Å². The summed E-state index contributed by atoms with van der Waals surface area (Å²) in [6.45, 7) is 5.91. The van der Waals surface area contributed by atoms with Crippen molar-refractivity contribution in [1.82, 2.24) is 14.9 Å². The van der Waals surface area contributed by atoms with E-state index in [4.69, 9.17) is 4.42 Å². The number of nitrogens with one attached hydrogen (secondary N) is 2. The van der Waals surface area contributed by atoms with Gasteiger partial charge in [-0.1, -0.05) is 44.2 Å². The Morgan fingerprint density at radius 1 is 1.03 bits per heavy atom. The molecule has 3 aromatic rings. The Hall–Kier alpha value is -2.68. The van der Waals surface area contributed by atoms with Crippen molar-refractivity contribution in [2.24, 2.45) is 5.92 Å². The summed E-state index contributed by atoms with van der Waals surface area (Å²) in [4.78, 5) is 15.5. The molecule has 0 radical (unpaired) electrons. The van der Waals surface area contributed by atoms with Gasteiger partial charge in [0.2, 0.25) is 15.9 Å². The van der Waals surface area contributed by atoms with Gasteiger partial charge in [-0.15, -0.1) is 0 Å². The van der Waals surface area contributed by atoms with Gasteiger partial charge in [0.15, 0.2) is 0 Å². The number of furan rings is 1. The monoisotopic (exact) mass is 469 g/mol. The van der Waals surface area contributed by atoms with E-state index in [1.54, 1.807) is 24.5 Å². The fraction of sp³-hybridized carbons (Fsp3) is 0.400. The largest absolute Gasteiger partial charge is 0.468 e. The third kappa shape index (κ3) is 5.46. The van der Waals surface area contributed by atoms with Gasteiger partial charge >= 0.3 is 0 Å². The standard InChI is InChI=1S/C25H31N3O4S/c1-18(2)24(27-33(30,31)21-12-11-19-8-3-4-9-20(19)16-21)25(29)26-17-22(23-10-7-15-32-23)28-13-5-6-14-28/h3-4,7-12,15-16,18,22,24,27H,5-6,13-14,17H2,1-2H3,(H,26,29)/t22-,24+/m0/s1. The maximum Gasteiger partial charge on any atom is 0.241 e. The normalized spacial score (nSPS) is 16.8. The van der Waals surface area contributed by atoms with Crippen LogP contribution in [0, 0.1) is 5.92 Å². The van der Waals surface area contributed by atoms with Crippen LogP contribution in [-0.4, -0.2) is 44.9 Å². The molecule has 2 N–H and O–H groups in total. The minimum Gasteiger partial charge on any atom is -0.468 e. The highest BCUT2D eigenvalue weighted by Gasteiger charge is 2.31. The maximum atomic E-state index is 13.1. The molecule has 2 aromatic carbocycles. The van der Waals surface area contributed by atoms with Gasteiger partial charge in [0, 0.05) is 6.54 Å². The third-order valence-electron chi connectivity index (χ3n) is 6.19. The van der Waals surface area contributed by atoms with Crippen LogP contribution in [0.3, 0.4) is 0 Å². The first-order valence-corrected chi connectivity index (χ1v) is 12.9. The summed E-state index contributed by atoms with van der Waals surface area (Å²) in [5.74, 6) is 0.231. The van der Waals surface area contributed by atoms with Crippen molar-refractivity contribution < 1.29 is 17.6 Å². The van der Waals surface area contributed by atoms with E-state index in [-0.39, 0.29) is 22.8 Å². The van der Waals surface area contributed by atoms with Crippen molar-refractivity contribution in [3.05, 3.63) is 66.6 Å². The van der Waals surface area contributed by atoms with E-state index in [2.05, 4.69) is 14.9 Å². The van der Waals surface area contributed by atoms with Crippen LogP contribution < -0.4 is 10.0 Å². The summed E-state index contributed by atoms with van der Waals surface area (Å²) in [6, 6.07) is 15.3. The van der Waals surface area contributed by atoms with E-state index in [0.717, 1.165) is 42.5 Å². The minimum atomic E-state index is -3.88. The van der Waals surface area contributed by atoms with Gasteiger partial charge < -0.3 is 9.73 Å². The van der Waals surface area contributed by atoms with Gasteiger partial charge in [-0.3, -0.25) is 9.69 Å². The Balaban J connectivity index is 1.48. The summed E-state index contributed by atoms with van der Waals surface area (Å²) < 4.78 is 34.5. The molecule has 1 aromatic heterocycles. The van der Waals surface area contributed by atoms with Crippen LogP contribution in [0.1, 0.15) is 38.5 Å². The average molecular weight is 470 g/mol. The van der Waals surface area contributed by atoms with Crippen molar-refractivity contribution >= 4 is 26.7 Å². The summed E-state index contributed by atoms with van der Waals surface area (Å²) in [7, 11) is -3.88. The van der Waals surface area contributed by atoms with E-state index >= 15 is 0 Å². The maximum absolute atomic E-state index is 13.1. The number of hydrogen-bond donors (Lipinski definition) is 2. The highest BCUT2D eigenvalue weighted by Crippen LogP contribution is 2.25. The topological polar surface area (TPSA) is 91.6 Å². The number of hydrogen-bond acceptors (Lipinski definition) is 5. The second-order valence-electron chi connectivity index (χ2n) is 8.87. The second-order valence-corrected chi connectivity index (χ2v) is 10.6. The van der Waals surface area contributed by atoms with E-state index in [9.17, 15) is 13.2 Å². The summed E-state index contributed by atoms with van der Waals surface area (Å²) in [6.07, 6.45) is 3.87. The van der Waals surface area contributed by atoms with Crippen molar-refractivity contribution in [2.45, 2.75) is 43.7 Å². The zero-order valence-corrected chi connectivity index (χ0v) is 19.8. The van der Waals surface area contributed by atoms with Crippen LogP contribution in [0.15, 0.2) is 70.2 Å². The Labute approximate surface area is 195 Å². The van der Waals surface area contributed by atoms with Crippen molar-refractivity contribution in [3.63, 3.8) is 0 Å². The molecule has 0 aliphatic carbocycles. The molecule has 1 saturated heterocycles. The number of sulfonamides is 1. The number of benzene rings is 2. The molecule has 2 atom stereocenters. The third-order valence-corrected chi connectivity index (χ3v) is 7.62. The van der Waals surface area contributed by atoms with Crippen molar-refractivity contribution in [1.29, 1.82) is 0 Å². The van der Waals surface area contributed by atoms with Crippen LogP contribution in [0.5, 0.6) is 0 Å². The number of fused-ring (bicyclic) bond motifs is 1. The lowest BCUT2D eigenvalue weighted by Crippen LogP contribution is -2.51. The van der Waals surface area contributed by atoms with Crippen LogP contribution in [-0.2, 0) is 14.8 Å². The van der Waals surface area contributed by atoms with E-state index in [0.29, 0.717) is 6.54 Å². The number of rotatable bonds is 9. The molecule has 1 aliphatic heterocycles. The molecular weight excluding hydrogens is 438 g/mol. The summed E-state index contributed by atoms with van der Waals surface area (Å²) >= 11 is 0. The SMILES string of the molecule is CC(C)[C@@H](NS(=O)(=O)c1ccc2ccccc2c1)C(=O)NC[C@@H](c1ccco1)N1CCCC1. The predicted molar refractivity (Wildman–Crippen MR) is 128 cm³/mol. The molecule has 0 unspecified atom stereocenters. The molecule has 0 bridgehead atoms. The molecule has 2 heterocycles. The molecule has 1 aliphatic rings. The lowest BCUT2D eigenvalue weighted by molar-refractivity contribution is -0.123. The summed E-state index contributed by atoms with van der Waals surface area (Å²) in [5.41, 5.74) is 0. The first-order valence-electron chi connectivity index (χ1n) is 11.4. The fourth-order valence-electron chi connectivity index (χ4n) is 4.31. The van der Waals surface area contributed by atoms with E-state index < -0.39 is 16.1 Å². The average Bonchev–Trinajstić information content (AvgIpc) is 3.52. The number of carbonyl (C=O) groups excluding carboxylic acids is 1. The van der Waals surface area contributed by atoms with Crippen LogP contribution in [0.25, 0.3) is 10.8 Å². The predicted octanol–water partition coefficient (Wildman–Crippen LogP) is 3.69. The first kappa shape index (κ1) is 23.5. The number of amides is 1. The number of carbonyl (C=O) groups is 1. The van der Waals surface area contributed by atoms with Crippen molar-refractivity contribution in [3.8, 4) is 0 Å². The minimum absolute atomic E-state index is 0.0728. The molecular formula is C25H31N3O4S. The Kier molecular flexibility index (Phi) is 7.17. The Morgan fingerprint density at radius 2 is 1.76 bits per heavy atom. The molecule has 7 nitrogen and oxygen atoms in total. The quantitative estimate of drug-likeness (QED) is 0.499. The number of nitrogens with zero attached hydrogens (tertiary/aromatic N) is 1. The van der Waals surface area contributed by atoms with Gasteiger partial charge in [0.05, 0.1) is 17.2 Å². The molecule has 4 rings (SSSR count). The zero-order valence-electron chi connectivity index (χ0n) is 19.0. The Bertz CT molecular complexity index is 1190. The molecule has 0 saturated carbocycles. The molecule has 0 spiro atoms. The lowest BCUT2D eigenvalue weighted by atomic mass is 10.0. The van der Waals surface area contributed by atoms with E-state index in [1.807, 2.05) is 50.2 Å². The van der Waals surface area contributed by atoms with Gasteiger partial charge in [-0.25, -0.2) is 8.42 Å². The van der Waals surface area contributed by atoms with Gasteiger partial charge in [-0.2, -0.15) is 4.72 Å². The van der Waals surface area contributed by atoms with Gasteiger partial charge in [-0.05, 0) is 66.9 Å². The zero-order chi connectivity index (χ0) is 23.4. The van der Waals surface area contributed by atoms with Crippen LogP contribution in [0.2, 0.25) is 0 Å². The van der Waals surface area contributed by atoms with E-state index in [1.165, 1.54) is 0 Å². The smallest absolute Gasteiger partial charge is 0.241 e. The molecule has 1 amide bonds. The molecule has 33 heavy (non-hydrogen) atoms. The summed E-state index contributed by atoms with van der Waals surface area (Å²) in [5, 5.41) is 4.76. The second kappa shape index (κ2) is 10.1. The van der Waals surface area contributed by atoms with Gasteiger partial charge in [0.25, 0.3) is 0 Å². The molecule has 8 heteroatoms. The molecule has 1 fully saturated rings. The highest BCUT2D eigenvalue weighted by molar-refractivity contribution is 7.89. The van der Waals surface area contributed by atoms with Gasteiger partial charge in [0.1, 0.15) is 11.8 Å². The highest BCUT2D eigenvalue weighted by atomic mass is 32.2. The fourth-order valence-corrected chi connectivity index (χ4v) is 5.69. The number of likely N-dealkylation sites (tertiary alicyclic amines) is 1. The Morgan fingerprint density at radius 3 is 2.42 bits per heavy atom. The van der Waals surface area contributed by atoms with Crippen LogP contribution in [0.4, 0.5) is 0 Å². The molecule has 176 valence electrons. The lowest BCUT2D eigenvalue weighted by Gasteiger charge is -2.28. The van der Waals surface area contributed by atoms with Crippen molar-refractivity contribution in [2.75, 3.05) is 19.6 Å². The first-order chi connectivity index (χ1) is 15.8.